The van der Waals surface area contributed by atoms with Gasteiger partial charge in [-0.1, -0.05) is 11.6 Å². The first-order valence-corrected chi connectivity index (χ1v) is 8.41. The maximum Gasteiger partial charge on any atom is 0.232 e. The van der Waals surface area contributed by atoms with Gasteiger partial charge in [0.2, 0.25) is 5.91 Å². The van der Waals surface area contributed by atoms with Crippen molar-refractivity contribution in [3.8, 4) is 0 Å². The molecule has 1 aromatic carbocycles. The number of amides is 1. The van der Waals surface area contributed by atoms with E-state index in [1.54, 1.807) is 11.8 Å². The molecule has 1 heterocycles. The number of carbonyl (C=O) groups is 1. The SMILES string of the molecule is Cl.NC1CCC2CN(C(=O)CSc3ccc(Cl)cc3)CC12. The van der Waals surface area contributed by atoms with Gasteiger partial charge in [-0.15, -0.1) is 24.2 Å². The molecule has 1 aromatic rings. The molecule has 0 aromatic heterocycles. The first kappa shape index (κ1) is 16.9. The van der Waals surface area contributed by atoms with Crippen molar-refractivity contribution in [3.05, 3.63) is 29.3 Å². The summed E-state index contributed by atoms with van der Waals surface area (Å²) in [5.41, 5.74) is 6.11. The fraction of sp³-hybridized carbons (Fsp3) is 0.533. The van der Waals surface area contributed by atoms with Gasteiger partial charge >= 0.3 is 0 Å². The third-order valence-electron chi connectivity index (χ3n) is 4.44. The van der Waals surface area contributed by atoms with E-state index in [0.29, 0.717) is 23.6 Å². The van der Waals surface area contributed by atoms with Crippen molar-refractivity contribution in [1.29, 1.82) is 0 Å². The Hall–Kier alpha value is -0.420. The molecule has 1 amide bonds. The number of hydrogen-bond acceptors (Lipinski definition) is 3. The van der Waals surface area contributed by atoms with Gasteiger partial charge in [0.25, 0.3) is 0 Å². The molecule has 1 saturated carbocycles. The van der Waals surface area contributed by atoms with Gasteiger partial charge in [0.15, 0.2) is 0 Å². The van der Waals surface area contributed by atoms with Gasteiger partial charge < -0.3 is 10.6 Å². The van der Waals surface area contributed by atoms with E-state index in [1.165, 1.54) is 6.42 Å². The predicted molar refractivity (Wildman–Crippen MR) is 90.2 cm³/mol. The lowest BCUT2D eigenvalue weighted by atomic mass is 9.98. The smallest absolute Gasteiger partial charge is 0.232 e. The molecule has 2 N–H and O–H groups in total. The second-order valence-electron chi connectivity index (χ2n) is 5.71. The van der Waals surface area contributed by atoms with Gasteiger partial charge in [0.05, 0.1) is 5.75 Å². The number of hydrogen-bond donors (Lipinski definition) is 1. The van der Waals surface area contributed by atoms with Crippen LogP contribution in [0.5, 0.6) is 0 Å². The standard InChI is InChI=1S/C15H19ClN2OS.ClH/c16-11-2-4-12(5-3-11)20-9-15(19)18-7-10-1-6-14(17)13(10)8-18;/h2-5,10,13-14H,1,6-9,17H2;1H. The van der Waals surface area contributed by atoms with Crippen LogP contribution in [0, 0.1) is 11.8 Å². The van der Waals surface area contributed by atoms with Gasteiger partial charge in [-0.25, -0.2) is 0 Å². The van der Waals surface area contributed by atoms with Crippen molar-refractivity contribution in [1.82, 2.24) is 4.90 Å². The number of halogens is 2. The molecule has 2 fully saturated rings. The number of thioether (sulfide) groups is 1. The average Bonchev–Trinajstić information content (AvgIpc) is 3.01. The van der Waals surface area contributed by atoms with E-state index in [9.17, 15) is 4.79 Å². The zero-order valence-corrected chi connectivity index (χ0v) is 14.1. The van der Waals surface area contributed by atoms with Crippen molar-refractivity contribution in [3.63, 3.8) is 0 Å². The molecule has 6 heteroatoms. The Morgan fingerprint density at radius 3 is 2.67 bits per heavy atom. The molecule has 1 aliphatic carbocycles. The van der Waals surface area contributed by atoms with Crippen molar-refractivity contribution >= 4 is 41.7 Å². The van der Waals surface area contributed by atoms with Gasteiger partial charge in [-0.3, -0.25) is 4.79 Å². The number of rotatable bonds is 3. The number of nitrogens with two attached hydrogens (primary N) is 1. The number of carbonyl (C=O) groups excluding carboxylic acids is 1. The van der Waals surface area contributed by atoms with Crippen LogP contribution < -0.4 is 5.73 Å². The van der Waals surface area contributed by atoms with E-state index < -0.39 is 0 Å². The second kappa shape index (κ2) is 7.23. The van der Waals surface area contributed by atoms with Crippen molar-refractivity contribution < 1.29 is 4.79 Å². The van der Waals surface area contributed by atoms with Crippen LogP contribution in [0.2, 0.25) is 5.02 Å². The first-order valence-electron chi connectivity index (χ1n) is 7.05. The van der Waals surface area contributed by atoms with Crippen molar-refractivity contribution in [2.75, 3.05) is 18.8 Å². The van der Waals surface area contributed by atoms with Gasteiger partial charge in [0, 0.05) is 29.0 Å². The fourth-order valence-electron chi connectivity index (χ4n) is 3.28. The third-order valence-corrected chi connectivity index (χ3v) is 5.69. The van der Waals surface area contributed by atoms with E-state index in [0.717, 1.165) is 29.4 Å². The number of likely N-dealkylation sites (tertiary alicyclic amines) is 1. The minimum Gasteiger partial charge on any atom is -0.341 e. The molecule has 0 radical (unpaired) electrons. The Bertz CT molecular complexity index is 497. The molecule has 3 atom stereocenters. The highest BCUT2D eigenvalue weighted by Crippen LogP contribution is 2.37. The minimum atomic E-state index is 0. The van der Waals surface area contributed by atoms with E-state index in [1.807, 2.05) is 29.2 Å². The molecule has 3 unspecified atom stereocenters. The topological polar surface area (TPSA) is 46.3 Å². The Balaban J connectivity index is 0.00000161. The number of nitrogens with zero attached hydrogens (tertiary/aromatic N) is 1. The second-order valence-corrected chi connectivity index (χ2v) is 7.19. The van der Waals surface area contributed by atoms with Crippen LogP contribution in [0.3, 0.4) is 0 Å². The first-order chi connectivity index (χ1) is 9.63. The molecule has 3 nitrogen and oxygen atoms in total. The maximum absolute atomic E-state index is 12.3. The summed E-state index contributed by atoms with van der Waals surface area (Å²) < 4.78 is 0. The van der Waals surface area contributed by atoms with Crippen LogP contribution >= 0.6 is 35.8 Å². The van der Waals surface area contributed by atoms with E-state index in [4.69, 9.17) is 17.3 Å². The Labute approximate surface area is 141 Å². The zero-order chi connectivity index (χ0) is 14.1. The summed E-state index contributed by atoms with van der Waals surface area (Å²) in [5, 5.41) is 0.724. The summed E-state index contributed by atoms with van der Waals surface area (Å²) in [5.74, 6) is 1.89. The van der Waals surface area contributed by atoms with Crippen LogP contribution in [-0.4, -0.2) is 35.7 Å². The Kier molecular flexibility index (Phi) is 5.83. The number of benzene rings is 1. The van der Waals surface area contributed by atoms with Crippen LogP contribution in [0.4, 0.5) is 0 Å². The molecule has 3 rings (SSSR count). The molecule has 0 bridgehead atoms. The van der Waals surface area contributed by atoms with Gasteiger partial charge in [-0.05, 0) is 48.9 Å². The lowest BCUT2D eigenvalue weighted by Gasteiger charge is -2.18. The van der Waals surface area contributed by atoms with Gasteiger partial charge in [0.1, 0.15) is 0 Å². The van der Waals surface area contributed by atoms with Crippen LogP contribution in [-0.2, 0) is 4.79 Å². The lowest BCUT2D eigenvalue weighted by Crippen LogP contribution is -2.34. The lowest BCUT2D eigenvalue weighted by molar-refractivity contribution is -0.127. The molecule has 116 valence electrons. The van der Waals surface area contributed by atoms with E-state index >= 15 is 0 Å². The van der Waals surface area contributed by atoms with E-state index in [-0.39, 0.29) is 18.3 Å². The molecular weight excluding hydrogens is 327 g/mol. The van der Waals surface area contributed by atoms with Crippen LogP contribution in [0.1, 0.15) is 12.8 Å². The Morgan fingerprint density at radius 2 is 2.00 bits per heavy atom. The fourth-order valence-corrected chi connectivity index (χ4v) is 4.21. The largest absolute Gasteiger partial charge is 0.341 e. The molecule has 1 saturated heterocycles. The van der Waals surface area contributed by atoms with Crippen molar-refractivity contribution in [2.45, 2.75) is 23.8 Å². The van der Waals surface area contributed by atoms with E-state index in [2.05, 4.69) is 0 Å². The highest BCUT2D eigenvalue weighted by atomic mass is 35.5. The highest BCUT2D eigenvalue weighted by molar-refractivity contribution is 8.00. The molecule has 21 heavy (non-hydrogen) atoms. The summed E-state index contributed by atoms with van der Waals surface area (Å²) in [6.45, 7) is 1.75. The summed E-state index contributed by atoms with van der Waals surface area (Å²) >= 11 is 7.42. The quantitative estimate of drug-likeness (QED) is 0.855. The maximum atomic E-state index is 12.3. The molecule has 1 aliphatic heterocycles. The average molecular weight is 347 g/mol. The summed E-state index contributed by atoms with van der Waals surface area (Å²) in [6.07, 6.45) is 2.30. The predicted octanol–water partition coefficient (Wildman–Crippen LogP) is 3.05. The molecular formula is C15H20Cl2N2OS. The van der Waals surface area contributed by atoms with Crippen LogP contribution in [0.25, 0.3) is 0 Å². The van der Waals surface area contributed by atoms with Crippen LogP contribution in [0.15, 0.2) is 29.2 Å². The number of fused-ring (bicyclic) bond motifs is 1. The Morgan fingerprint density at radius 1 is 1.29 bits per heavy atom. The minimum absolute atomic E-state index is 0. The summed E-state index contributed by atoms with van der Waals surface area (Å²) in [4.78, 5) is 15.3. The summed E-state index contributed by atoms with van der Waals surface area (Å²) in [6, 6.07) is 7.91. The monoisotopic (exact) mass is 346 g/mol. The molecule has 2 aliphatic rings. The summed E-state index contributed by atoms with van der Waals surface area (Å²) in [7, 11) is 0. The zero-order valence-electron chi connectivity index (χ0n) is 11.7. The third kappa shape index (κ3) is 3.86. The normalized spacial score (nSPS) is 27.3. The van der Waals surface area contributed by atoms with Crippen molar-refractivity contribution in [2.24, 2.45) is 17.6 Å². The van der Waals surface area contributed by atoms with Gasteiger partial charge in [-0.2, -0.15) is 0 Å². The highest BCUT2D eigenvalue weighted by Gasteiger charge is 2.42. The molecule has 0 spiro atoms.